The third-order valence-electron chi connectivity index (χ3n) is 2.90. The number of hydrogen-bond acceptors (Lipinski definition) is 3. The molecule has 5 nitrogen and oxygen atoms in total. The summed E-state index contributed by atoms with van der Waals surface area (Å²) in [7, 11) is 1.50. The van der Waals surface area contributed by atoms with Crippen LogP contribution in [0.4, 0.5) is 17.6 Å². The molecular formula is C12H16ClF4N3O2. The van der Waals surface area contributed by atoms with E-state index in [0.717, 1.165) is 0 Å². The van der Waals surface area contributed by atoms with E-state index in [9.17, 15) is 22.4 Å². The Morgan fingerprint density at radius 3 is 2.50 bits per heavy atom. The number of ether oxygens (including phenoxy) is 1. The molecule has 0 aliphatic carbocycles. The minimum Gasteiger partial charge on any atom is -0.385 e. The van der Waals surface area contributed by atoms with Crippen LogP contribution in [0.5, 0.6) is 0 Å². The first-order chi connectivity index (χ1) is 10.3. The first-order valence-corrected chi connectivity index (χ1v) is 6.79. The van der Waals surface area contributed by atoms with Crippen LogP contribution >= 0.6 is 11.6 Å². The number of carbonyl (C=O) groups is 1. The second-order valence-electron chi connectivity index (χ2n) is 4.44. The van der Waals surface area contributed by atoms with E-state index in [1.807, 2.05) is 0 Å². The van der Waals surface area contributed by atoms with Crippen molar-refractivity contribution in [1.82, 2.24) is 15.1 Å². The fourth-order valence-corrected chi connectivity index (χ4v) is 2.05. The average Bonchev–Trinajstić information content (AvgIpc) is 2.80. The minimum absolute atomic E-state index is 0.262. The summed E-state index contributed by atoms with van der Waals surface area (Å²) in [5.41, 5.74) is -1.85. The Labute approximate surface area is 129 Å². The maximum Gasteiger partial charge on any atom is 0.283 e. The van der Waals surface area contributed by atoms with Crippen molar-refractivity contribution in [2.45, 2.75) is 32.2 Å². The molecule has 10 heteroatoms. The predicted molar refractivity (Wildman–Crippen MR) is 71.4 cm³/mol. The van der Waals surface area contributed by atoms with Crippen molar-refractivity contribution < 1.29 is 27.1 Å². The highest BCUT2D eigenvalue weighted by atomic mass is 35.5. The number of methoxy groups -OCH3 is 1. The highest BCUT2D eigenvalue weighted by Crippen LogP contribution is 2.36. The Hall–Kier alpha value is -1.35. The Balaban J connectivity index is 2.94. The second-order valence-corrected chi connectivity index (χ2v) is 4.82. The van der Waals surface area contributed by atoms with Crippen molar-refractivity contribution >= 4 is 17.5 Å². The summed E-state index contributed by atoms with van der Waals surface area (Å²) in [5.74, 6) is -0.627. The Bertz CT molecular complexity index is 511. The van der Waals surface area contributed by atoms with E-state index in [-0.39, 0.29) is 6.54 Å². The lowest BCUT2D eigenvalue weighted by Gasteiger charge is -2.15. The molecule has 0 aromatic carbocycles. The van der Waals surface area contributed by atoms with E-state index < -0.39 is 41.2 Å². The van der Waals surface area contributed by atoms with Crippen molar-refractivity contribution in [3.8, 4) is 0 Å². The number of nitrogens with zero attached hydrogens (tertiary/aromatic N) is 2. The average molecular weight is 346 g/mol. The monoisotopic (exact) mass is 345 g/mol. The maximum absolute atomic E-state index is 13.0. The summed E-state index contributed by atoms with van der Waals surface area (Å²) in [4.78, 5) is 11.9. The van der Waals surface area contributed by atoms with Crippen LogP contribution in [0.2, 0.25) is 5.02 Å². The van der Waals surface area contributed by atoms with Crippen molar-refractivity contribution in [3.05, 3.63) is 16.4 Å². The molecule has 1 aromatic heterocycles. The van der Waals surface area contributed by atoms with Gasteiger partial charge in [0.1, 0.15) is 17.4 Å². The zero-order valence-corrected chi connectivity index (χ0v) is 12.7. The number of alkyl halides is 4. The van der Waals surface area contributed by atoms with Gasteiger partial charge in [0.2, 0.25) is 5.91 Å². The molecule has 22 heavy (non-hydrogen) atoms. The first kappa shape index (κ1) is 18.7. The SMILES string of the molecule is COCCCNC(=O)C(C)n1nc(C(F)F)c(Cl)c1C(F)F. The highest BCUT2D eigenvalue weighted by molar-refractivity contribution is 6.32. The molecule has 1 aromatic rings. The van der Waals surface area contributed by atoms with E-state index in [2.05, 4.69) is 10.4 Å². The van der Waals surface area contributed by atoms with Gasteiger partial charge in [0.25, 0.3) is 12.9 Å². The summed E-state index contributed by atoms with van der Waals surface area (Å²) < 4.78 is 56.8. The van der Waals surface area contributed by atoms with Gasteiger partial charge in [0.15, 0.2) is 0 Å². The smallest absolute Gasteiger partial charge is 0.283 e. The lowest BCUT2D eigenvalue weighted by atomic mass is 10.3. The minimum atomic E-state index is -3.13. The molecule has 126 valence electrons. The van der Waals surface area contributed by atoms with E-state index in [0.29, 0.717) is 17.7 Å². The van der Waals surface area contributed by atoms with E-state index in [4.69, 9.17) is 16.3 Å². The third-order valence-corrected chi connectivity index (χ3v) is 3.28. The fourth-order valence-electron chi connectivity index (χ4n) is 1.76. The predicted octanol–water partition coefficient (Wildman–Crippen LogP) is 3.13. The summed E-state index contributed by atoms with van der Waals surface area (Å²) in [6.45, 7) is 1.95. The highest BCUT2D eigenvalue weighted by Gasteiger charge is 2.31. The molecule has 0 spiro atoms. The van der Waals surface area contributed by atoms with Crippen LogP contribution in [-0.2, 0) is 9.53 Å². The number of carbonyl (C=O) groups excluding carboxylic acids is 1. The molecule has 0 bridgehead atoms. The van der Waals surface area contributed by atoms with Gasteiger partial charge in [0, 0.05) is 20.3 Å². The maximum atomic E-state index is 13.0. The molecule has 1 N–H and O–H groups in total. The molecule has 1 heterocycles. The molecule has 1 atom stereocenters. The topological polar surface area (TPSA) is 56.1 Å². The Kier molecular flexibility index (Phi) is 7.08. The lowest BCUT2D eigenvalue weighted by Crippen LogP contribution is -2.33. The van der Waals surface area contributed by atoms with Crippen molar-refractivity contribution in [1.29, 1.82) is 0 Å². The van der Waals surface area contributed by atoms with Crippen LogP contribution < -0.4 is 5.32 Å². The summed E-state index contributed by atoms with van der Waals surface area (Å²) in [5, 5.41) is 5.03. The van der Waals surface area contributed by atoms with Gasteiger partial charge in [-0.3, -0.25) is 4.79 Å². The number of aromatic nitrogens is 2. The van der Waals surface area contributed by atoms with Crippen LogP contribution in [0.1, 0.15) is 43.6 Å². The molecular weight excluding hydrogens is 330 g/mol. The van der Waals surface area contributed by atoms with Gasteiger partial charge in [-0.15, -0.1) is 0 Å². The molecule has 1 rings (SSSR count). The van der Waals surface area contributed by atoms with Gasteiger partial charge < -0.3 is 10.1 Å². The molecule has 0 aliphatic rings. The number of amides is 1. The third kappa shape index (κ3) is 4.33. The fraction of sp³-hybridized carbons (Fsp3) is 0.667. The second kappa shape index (κ2) is 8.33. The summed E-state index contributed by atoms with van der Waals surface area (Å²) >= 11 is 5.52. The van der Waals surface area contributed by atoms with Gasteiger partial charge >= 0.3 is 0 Å². The van der Waals surface area contributed by atoms with Crippen LogP contribution in [0.25, 0.3) is 0 Å². The number of nitrogens with one attached hydrogen (secondary N) is 1. The quantitative estimate of drug-likeness (QED) is 0.582. The molecule has 1 unspecified atom stereocenters. The molecule has 0 aliphatic heterocycles. The van der Waals surface area contributed by atoms with Crippen molar-refractivity contribution in [3.63, 3.8) is 0 Å². The normalized spacial score (nSPS) is 13.0. The van der Waals surface area contributed by atoms with Crippen molar-refractivity contribution in [2.24, 2.45) is 0 Å². The number of halogens is 5. The first-order valence-electron chi connectivity index (χ1n) is 6.42. The summed E-state index contributed by atoms with van der Waals surface area (Å²) in [6, 6.07) is -1.20. The molecule has 0 radical (unpaired) electrons. The number of hydrogen-bond donors (Lipinski definition) is 1. The van der Waals surface area contributed by atoms with Crippen molar-refractivity contribution in [2.75, 3.05) is 20.3 Å². The van der Waals surface area contributed by atoms with Crippen LogP contribution in [-0.4, -0.2) is 35.9 Å². The molecule has 0 saturated heterocycles. The largest absolute Gasteiger partial charge is 0.385 e. The number of rotatable bonds is 8. The van der Waals surface area contributed by atoms with Gasteiger partial charge in [-0.25, -0.2) is 22.2 Å². The zero-order valence-electron chi connectivity index (χ0n) is 12.0. The Morgan fingerprint density at radius 2 is 2.00 bits per heavy atom. The van der Waals surface area contributed by atoms with E-state index >= 15 is 0 Å². The van der Waals surface area contributed by atoms with Gasteiger partial charge in [-0.1, -0.05) is 11.6 Å². The molecule has 0 fully saturated rings. The zero-order chi connectivity index (χ0) is 16.9. The van der Waals surface area contributed by atoms with Crippen LogP contribution in [0.15, 0.2) is 0 Å². The van der Waals surface area contributed by atoms with Gasteiger partial charge in [0.05, 0.1) is 5.02 Å². The van der Waals surface area contributed by atoms with E-state index in [1.165, 1.54) is 14.0 Å². The molecule has 1 amide bonds. The summed E-state index contributed by atoms with van der Waals surface area (Å²) in [6.07, 6.45) is -5.71. The van der Waals surface area contributed by atoms with Crippen LogP contribution in [0, 0.1) is 0 Å². The molecule has 0 saturated carbocycles. The lowest BCUT2D eigenvalue weighted by molar-refractivity contribution is -0.124. The van der Waals surface area contributed by atoms with Crippen LogP contribution in [0.3, 0.4) is 0 Å². The van der Waals surface area contributed by atoms with E-state index in [1.54, 1.807) is 0 Å². The van der Waals surface area contributed by atoms with Gasteiger partial charge in [-0.05, 0) is 13.3 Å². The Morgan fingerprint density at radius 1 is 1.36 bits per heavy atom. The van der Waals surface area contributed by atoms with Gasteiger partial charge in [-0.2, -0.15) is 5.10 Å². The standard InChI is InChI=1S/C12H16ClF4N3O2/c1-6(12(21)18-4-3-5-22-2)20-9(11(16)17)7(13)8(19-20)10(14)15/h6,10-11H,3-5H2,1-2H3,(H,18,21).